The van der Waals surface area contributed by atoms with Crippen LogP contribution in [-0.4, -0.2) is 54.1 Å². The summed E-state index contributed by atoms with van der Waals surface area (Å²) in [4.78, 5) is 11.9. The first-order valence-corrected chi connectivity index (χ1v) is 10.8. The van der Waals surface area contributed by atoms with E-state index < -0.39 is 0 Å². The maximum absolute atomic E-state index is 5.66. The van der Waals surface area contributed by atoms with Crippen molar-refractivity contribution in [1.29, 1.82) is 0 Å². The van der Waals surface area contributed by atoms with Gasteiger partial charge in [-0.05, 0) is 45.7 Å². The molecule has 0 spiro atoms. The summed E-state index contributed by atoms with van der Waals surface area (Å²) >= 11 is 0. The summed E-state index contributed by atoms with van der Waals surface area (Å²) in [6.45, 7) is 14.7. The number of aromatic nitrogens is 1. The average molecular weight is 525 g/mol. The first-order valence-electron chi connectivity index (χ1n) is 10.8. The van der Waals surface area contributed by atoms with Crippen LogP contribution in [0, 0.1) is 12.8 Å². The largest absolute Gasteiger partial charge is 0.444 e. The van der Waals surface area contributed by atoms with Gasteiger partial charge >= 0.3 is 0 Å². The Balaban J connectivity index is 0.00000320. The highest BCUT2D eigenvalue weighted by atomic mass is 127. The predicted octanol–water partition coefficient (Wildman–Crippen LogP) is 4.09. The Labute approximate surface area is 198 Å². The predicted molar refractivity (Wildman–Crippen MR) is 135 cm³/mol. The number of nitrogens with one attached hydrogen (secondary N) is 2. The summed E-state index contributed by atoms with van der Waals surface area (Å²) in [5.41, 5.74) is 3.16. The fourth-order valence-electron chi connectivity index (χ4n) is 3.64. The minimum atomic E-state index is 0. The minimum Gasteiger partial charge on any atom is -0.444 e. The van der Waals surface area contributed by atoms with Crippen molar-refractivity contribution >= 4 is 29.9 Å². The van der Waals surface area contributed by atoms with Crippen molar-refractivity contribution in [2.45, 2.75) is 53.1 Å². The van der Waals surface area contributed by atoms with Gasteiger partial charge in [-0.25, -0.2) is 4.98 Å². The molecular weight excluding hydrogens is 489 g/mol. The van der Waals surface area contributed by atoms with Gasteiger partial charge in [0.1, 0.15) is 6.26 Å². The lowest BCUT2D eigenvalue weighted by atomic mass is 10.1. The third-order valence-electron chi connectivity index (χ3n) is 5.53. The molecule has 1 aliphatic rings. The number of likely N-dealkylation sites (tertiary alicyclic amines) is 1. The lowest BCUT2D eigenvalue weighted by Gasteiger charge is -2.21. The molecule has 0 bridgehead atoms. The zero-order valence-corrected chi connectivity index (χ0v) is 21.1. The Morgan fingerprint density at radius 3 is 2.63 bits per heavy atom. The Bertz CT molecular complexity index is 802. The van der Waals surface area contributed by atoms with Crippen molar-refractivity contribution in [2.75, 3.05) is 26.2 Å². The summed E-state index contributed by atoms with van der Waals surface area (Å²) in [7, 11) is 0. The Kier molecular flexibility index (Phi) is 9.61. The van der Waals surface area contributed by atoms with E-state index in [9.17, 15) is 0 Å². The van der Waals surface area contributed by atoms with Gasteiger partial charge in [0.05, 0.1) is 5.69 Å². The maximum atomic E-state index is 5.66. The Morgan fingerprint density at radius 1 is 1.27 bits per heavy atom. The second-order valence-corrected chi connectivity index (χ2v) is 8.30. The van der Waals surface area contributed by atoms with E-state index in [1.807, 2.05) is 12.1 Å². The summed E-state index contributed by atoms with van der Waals surface area (Å²) < 4.78 is 5.66. The second kappa shape index (κ2) is 11.7. The van der Waals surface area contributed by atoms with E-state index in [0.29, 0.717) is 30.4 Å². The SMILES string of the molecule is CCNC(=NCCc1coc(-c2ccc(C)cc2)n1)NC1CN(C(C)C)CC1C.I. The highest BCUT2D eigenvalue weighted by Crippen LogP contribution is 2.20. The summed E-state index contributed by atoms with van der Waals surface area (Å²) in [5.74, 6) is 2.16. The molecule has 2 aromatic rings. The van der Waals surface area contributed by atoms with Crippen LogP contribution in [0.4, 0.5) is 0 Å². The average Bonchev–Trinajstić information content (AvgIpc) is 3.30. The van der Waals surface area contributed by atoms with Gasteiger partial charge in [-0.1, -0.05) is 24.6 Å². The van der Waals surface area contributed by atoms with Crippen LogP contribution >= 0.6 is 24.0 Å². The van der Waals surface area contributed by atoms with Crippen LogP contribution in [-0.2, 0) is 6.42 Å². The summed E-state index contributed by atoms with van der Waals surface area (Å²) in [6.07, 6.45) is 2.49. The standard InChI is InChI=1S/C23H35N5O.HI/c1-6-24-23(27-21-14-28(16(2)3)13-18(21)5)25-12-11-20-15-29-22(26-20)19-9-7-17(4)8-10-19;/h7-10,15-16,18,21H,6,11-14H2,1-5H3,(H2,24,25,27);1H. The van der Waals surface area contributed by atoms with Crippen LogP contribution in [0.3, 0.4) is 0 Å². The van der Waals surface area contributed by atoms with Crippen LogP contribution in [0.25, 0.3) is 11.5 Å². The molecule has 0 aliphatic carbocycles. The van der Waals surface area contributed by atoms with Gasteiger partial charge in [-0.2, -0.15) is 0 Å². The Morgan fingerprint density at radius 2 is 2.00 bits per heavy atom. The van der Waals surface area contributed by atoms with Gasteiger partial charge < -0.3 is 15.1 Å². The van der Waals surface area contributed by atoms with E-state index in [0.717, 1.165) is 43.3 Å². The molecule has 166 valence electrons. The minimum absolute atomic E-state index is 0. The molecule has 1 fully saturated rings. The molecule has 1 aromatic heterocycles. The number of halogens is 1. The van der Waals surface area contributed by atoms with Crippen molar-refractivity contribution in [2.24, 2.45) is 10.9 Å². The smallest absolute Gasteiger partial charge is 0.226 e. The first kappa shape index (κ1) is 24.7. The Hall–Kier alpha value is -1.61. The number of hydrogen-bond donors (Lipinski definition) is 2. The van der Waals surface area contributed by atoms with Crippen molar-refractivity contribution in [3.8, 4) is 11.5 Å². The number of oxazole rings is 1. The first-order chi connectivity index (χ1) is 14.0. The molecule has 7 heteroatoms. The van der Waals surface area contributed by atoms with Crippen LogP contribution in [0.15, 0.2) is 39.9 Å². The molecule has 0 amide bonds. The molecule has 2 N–H and O–H groups in total. The van der Waals surface area contributed by atoms with Crippen LogP contribution in [0.2, 0.25) is 0 Å². The number of aliphatic imine (C=N–C) groups is 1. The number of guanidine groups is 1. The number of benzene rings is 1. The third-order valence-corrected chi connectivity index (χ3v) is 5.53. The zero-order chi connectivity index (χ0) is 20.8. The molecule has 0 saturated carbocycles. The fourth-order valence-corrected chi connectivity index (χ4v) is 3.64. The molecule has 1 aromatic carbocycles. The van der Waals surface area contributed by atoms with Crippen molar-refractivity contribution < 1.29 is 4.42 Å². The summed E-state index contributed by atoms with van der Waals surface area (Å²) in [5, 5.41) is 7.00. The van der Waals surface area contributed by atoms with Gasteiger partial charge in [0, 0.05) is 50.2 Å². The number of nitrogens with zero attached hydrogens (tertiary/aromatic N) is 3. The van der Waals surface area contributed by atoms with Gasteiger partial charge in [0.25, 0.3) is 0 Å². The lowest BCUT2D eigenvalue weighted by molar-refractivity contribution is 0.265. The van der Waals surface area contributed by atoms with E-state index >= 15 is 0 Å². The molecule has 3 rings (SSSR count). The molecule has 1 aliphatic heterocycles. The van der Waals surface area contributed by atoms with Crippen LogP contribution in [0.5, 0.6) is 0 Å². The highest BCUT2D eigenvalue weighted by molar-refractivity contribution is 14.0. The van der Waals surface area contributed by atoms with Gasteiger partial charge in [0.15, 0.2) is 5.96 Å². The molecule has 30 heavy (non-hydrogen) atoms. The highest BCUT2D eigenvalue weighted by Gasteiger charge is 2.31. The van der Waals surface area contributed by atoms with Gasteiger partial charge in [-0.15, -0.1) is 24.0 Å². The monoisotopic (exact) mass is 525 g/mol. The fraction of sp³-hybridized carbons (Fsp3) is 0.565. The number of rotatable bonds is 7. The van der Waals surface area contributed by atoms with Gasteiger partial charge in [-0.3, -0.25) is 9.89 Å². The van der Waals surface area contributed by atoms with E-state index in [2.05, 4.69) is 67.3 Å². The lowest BCUT2D eigenvalue weighted by Crippen LogP contribution is -2.47. The second-order valence-electron chi connectivity index (χ2n) is 8.30. The molecule has 0 radical (unpaired) electrons. The van der Waals surface area contributed by atoms with Crippen molar-refractivity contribution in [1.82, 2.24) is 20.5 Å². The molecule has 2 atom stereocenters. The normalized spacial score (nSPS) is 19.7. The van der Waals surface area contributed by atoms with Crippen LogP contribution in [0.1, 0.15) is 39.0 Å². The topological polar surface area (TPSA) is 65.7 Å². The van der Waals surface area contributed by atoms with E-state index in [-0.39, 0.29) is 24.0 Å². The summed E-state index contributed by atoms with van der Waals surface area (Å²) in [6, 6.07) is 9.23. The van der Waals surface area contributed by atoms with Gasteiger partial charge in [0.2, 0.25) is 5.89 Å². The number of hydrogen-bond acceptors (Lipinski definition) is 4. The van der Waals surface area contributed by atoms with E-state index in [1.54, 1.807) is 6.26 Å². The molecule has 2 heterocycles. The quantitative estimate of drug-likeness (QED) is 0.324. The van der Waals surface area contributed by atoms with Crippen molar-refractivity contribution in [3.63, 3.8) is 0 Å². The van der Waals surface area contributed by atoms with Crippen molar-refractivity contribution in [3.05, 3.63) is 41.8 Å². The third kappa shape index (κ3) is 6.70. The molecule has 6 nitrogen and oxygen atoms in total. The number of aryl methyl sites for hydroxylation is 1. The maximum Gasteiger partial charge on any atom is 0.226 e. The molecule has 2 unspecified atom stereocenters. The molecular formula is C23H36IN5O. The van der Waals surface area contributed by atoms with Crippen LogP contribution < -0.4 is 10.6 Å². The van der Waals surface area contributed by atoms with E-state index in [4.69, 9.17) is 9.41 Å². The zero-order valence-electron chi connectivity index (χ0n) is 18.8. The molecule has 1 saturated heterocycles. The van der Waals surface area contributed by atoms with E-state index in [1.165, 1.54) is 5.56 Å².